The Balaban J connectivity index is 2.43. The van der Waals surface area contributed by atoms with Gasteiger partial charge in [-0.05, 0) is 24.3 Å². The topological polar surface area (TPSA) is 65.7 Å². The van der Waals surface area contributed by atoms with Gasteiger partial charge in [0.25, 0.3) is 0 Å². The molecule has 1 aromatic carbocycles. The minimum Gasteiger partial charge on any atom is -0.496 e. The van der Waals surface area contributed by atoms with Gasteiger partial charge in [-0.2, -0.15) is 0 Å². The number of hydrogen-bond acceptors (Lipinski definition) is 5. The van der Waals surface area contributed by atoms with E-state index in [-0.39, 0.29) is 5.76 Å². The first-order chi connectivity index (χ1) is 9.19. The number of carbonyl (C=O) groups is 2. The Labute approximate surface area is 109 Å². The zero-order valence-electron chi connectivity index (χ0n) is 10.5. The monoisotopic (exact) mass is 260 g/mol. The molecule has 1 aromatic heterocycles. The van der Waals surface area contributed by atoms with E-state index in [1.54, 1.807) is 30.3 Å². The van der Waals surface area contributed by atoms with Crippen molar-refractivity contribution < 1.29 is 23.5 Å². The number of methoxy groups -OCH3 is 2. The Morgan fingerprint density at radius 3 is 2.58 bits per heavy atom. The average Bonchev–Trinajstić information content (AvgIpc) is 2.94. The van der Waals surface area contributed by atoms with E-state index in [2.05, 4.69) is 4.74 Å². The summed E-state index contributed by atoms with van der Waals surface area (Å²) in [6.07, 6.45) is 0.629. The van der Waals surface area contributed by atoms with Gasteiger partial charge in [0.2, 0.25) is 0 Å². The maximum absolute atomic E-state index is 11.5. The molecule has 0 aliphatic carbocycles. The van der Waals surface area contributed by atoms with Gasteiger partial charge in [0, 0.05) is 5.56 Å². The largest absolute Gasteiger partial charge is 0.496 e. The molecular weight excluding hydrogens is 248 g/mol. The Morgan fingerprint density at radius 1 is 1.21 bits per heavy atom. The maximum Gasteiger partial charge on any atom is 0.341 e. The van der Waals surface area contributed by atoms with Crippen molar-refractivity contribution in [1.82, 2.24) is 0 Å². The van der Waals surface area contributed by atoms with E-state index < -0.39 is 5.97 Å². The van der Waals surface area contributed by atoms with Gasteiger partial charge >= 0.3 is 5.97 Å². The predicted octanol–water partition coefficient (Wildman–Crippen LogP) is 2.55. The quantitative estimate of drug-likeness (QED) is 0.624. The molecular formula is C14H12O5. The Morgan fingerprint density at radius 2 is 2.00 bits per heavy atom. The highest BCUT2D eigenvalue weighted by molar-refractivity contribution is 5.93. The summed E-state index contributed by atoms with van der Waals surface area (Å²) in [7, 11) is 2.77. The van der Waals surface area contributed by atoms with E-state index in [1.807, 2.05) is 0 Å². The van der Waals surface area contributed by atoms with Gasteiger partial charge in [0.05, 0.1) is 14.2 Å². The summed E-state index contributed by atoms with van der Waals surface area (Å²) in [6, 6.07) is 8.18. The number of esters is 1. The lowest BCUT2D eigenvalue weighted by Crippen LogP contribution is -2.03. The number of ether oxygens (including phenoxy) is 2. The summed E-state index contributed by atoms with van der Waals surface area (Å²) in [5.74, 6) is 0.674. The zero-order chi connectivity index (χ0) is 13.8. The van der Waals surface area contributed by atoms with Crippen LogP contribution >= 0.6 is 0 Å². The molecule has 5 nitrogen and oxygen atoms in total. The first-order valence-corrected chi connectivity index (χ1v) is 5.51. The van der Waals surface area contributed by atoms with Crippen molar-refractivity contribution in [3.05, 3.63) is 41.7 Å². The molecule has 0 saturated heterocycles. The highest BCUT2D eigenvalue weighted by atomic mass is 16.5. The van der Waals surface area contributed by atoms with Crippen molar-refractivity contribution >= 4 is 12.3 Å². The lowest BCUT2D eigenvalue weighted by atomic mass is 10.1. The molecule has 0 aliphatic heterocycles. The normalized spacial score (nSPS) is 10.0. The third-order valence-corrected chi connectivity index (χ3v) is 2.63. The van der Waals surface area contributed by atoms with Crippen LogP contribution in [0, 0.1) is 0 Å². The molecule has 0 atom stereocenters. The Kier molecular flexibility index (Phi) is 3.66. The third kappa shape index (κ3) is 2.49. The van der Waals surface area contributed by atoms with Gasteiger partial charge in [-0.25, -0.2) is 4.79 Å². The summed E-state index contributed by atoms with van der Waals surface area (Å²) >= 11 is 0. The molecule has 19 heavy (non-hydrogen) atoms. The predicted molar refractivity (Wildman–Crippen MR) is 67.4 cm³/mol. The fourth-order valence-electron chi connectivity index (χ4n) is 1.69. The summed E-state index contributed by atoms with van der Waals surface area (Å²) in [6.45, 7) is 0. The number of furan rings is 1. The minimum atomic E-state index is -0.476. The molecule has 5 heteroatoms. The van der Waals surface area contributed by atoms with E-state index in [0.29, 0.717) is 28.9 Å². The van der Waals surface area contributed by atoms with E-state index in [1.165, 1.54) is 14.2 Å². The zero-order valence-corrected chi connectivity index (χ0v) is 10.5. The minimum absolute atomic E-state index is 0.242. The van der Waals surface area contributed by atoms with Crippen LogP contribution in [0.5, 0.6) is 5.75 Å². The van der Waals surface area contributed by atoms with Gasteiger partial charge in [-0.1, -0.05) is 6.07 Å². The lowest BCUT2D eigenvalue weighted by molar-refractivity contribution is 0.0597. The van der Waals surface area contributed by atoms with Crippen LogP contribution in [0.1, 0.15) is 20.9 Å². The molecule has 0 radical (unpaired) electrons. The molecule has 2 aromatic rings. The molecule has 0 fully saturated rings. The van der Waals surface area contributed by atoms with Crippen molar-refractivity contribution in [2.45, 2.75) is 0 Å². The summed E-state index contributed by atoms with van der Waals surface area (Å²) < 4.78 is 15.1. The van der Waals surface area contributed by atoms with E-state index in [9.17, 15) is 9.59 Å². The summed E-state index contributed by atoms with van der Waals surface area (Å²) in [5.41, 5.74) is 1.04. The first kappa shape index (κ1) is 12.9. The second-order valence-electron chi connectivity index (χ2n) is 3.73. The second-order valence-corrected chi connectivity index (χ2v) is 3.73. The number of rotatable bonds is 4. The van der Waals surface area contributed by atoms with Crippen molar-refractivity contribution in [1.29, 1.82) is 0 Å². The van der Waals surface area contributed by atoms with Gasteiger partial charge in [-0.3, -0.25) is 4.79 Å². The fraction of sp³-hybridized carbons (Fsp3) is 0.143. The van der Waals surface area contributed by atoms with Crippen LogP contribution in [0.2, 0.25) is 0 Å². The van der Waals surface area contributed by atoms with Crippen LogP contribution in [-0.2, 0) is 4.74 Å². The molecule has 98 valence electrons. The van der Waals surface area contributed by atoms with Crippen LogP contribution in [-0.4, -0.2) is 26.5 Å². The molecule has 0 bridgehead atoms. The van der Waals surface area contributed by atoms with Crippen molar-refractivity contribution in [3.63, 3.8) is 0 Å². The summed E-state index contributed by atoms with van der Waals surface area (Å²) in [4.78, 5) is 22.1. The molecule has 2 rings (SSSR count). The van der Waals surface area contributed by atoms with E-state index in [4.69, 9.17) is 9.15 Å². The first-order valence-electron chi connectivity index (χ1n) is 5.51. The van der Waals surface area contributed by atoms with Crippen molar-refractivity contribution in [2.75, 3.05) is 14.2 Å². The lowest BCUT2D eigenvalue weighted by Gasteiger charge is -2.08. The van der Waals surface area contributed by atoms with Gasteiger partial charge in [0.15, 0.2) is 12.0 Å². The molecule has 0 aliphatic rings. The van der Waals surface area contributed by atoms with Crippen LogP contribution in [0.3, 0.4) is 0 Å². The van der Waals surface area contributed by atoms with Crippen LogP contribution in [0.25, 0.3) is 11.3 Å². The smallest absolute Gasteiger partial charge is 0.341 e. The summed E-state index contributed by atoms with van der Waals surface area (Å²) in [5, 5.41) is 0. The Hall–Kier alpha value is -2.56. The number of carbonyl (C=O) groups excluding carboxylic acids is 2. The van der Waals surface area contributed by atoms with Crippen molar-refractivity contribution in [2.24, 2.45) is 0 Å². The SMILES string of the molecule is COC(=O)c1ccc(-c2ccc(C=O)o2)cc1OC. The highest BCUT2D eigenvalue weighted by Gasteiger charge is 2.14. The van der Waals surface area contributed by atoms with Crippen LogP contribution < -0.4 is 4.74 Å². The van der Waals surface area contributed by atoms with E-state index in [0.717, 1.165) is 0 Å². The molecule has 0 N–H and O–H groups in total. The van der Waals surface area contributed by atoms with Crippen LogP contribution in [0.15, 0.2) is 34.7 Å². The molecule has 0 unspecified atom stereocenters. The maximum atomic E-state index is 11.5. The van der Waals surface area contributed by atoms with Gasteiger partial charge in [0.1, 0.15) is 17.1 Å². The number of hydrogen-bond donors (Lipinski definition) is 0. The second kappa shape index (κ2) is 5.39. The standard InChI is InChI=1S/C14H12O5/c1-17-13-7-9(3-5-11(13)14(16)18-2)12-6-4-10(8-15)19-12/h3-8H,1-2H3. The van der Waals surface area contributed by atoms with Crippen molar-refractivity contribution in [3.8, 4) is 17.1 Å². The van der Waals surface area contributed by atoms with Gasteiger partial charge < -0.3 is 13.9 Å². The highest BCUT2D eigenvalue weighted by Crippen LogP contribution is 2.28. The fourth-order valence-corrected chi connectivity index (χ4v) is 1.69. The third-order valence-electron chi connectivity index (χ3n) is 2.63. The molecule has 0 saturated carbocycles. The van der Waals surface area contributed by atoms with Crippen LogP contribution in [0.4, 0.5) is 0 Å². The van der Waals surface area contributed by atoms with E-state index >= 15 is 0 Å². The number of aldehydes is 1. The average molecular weight is 260 g/mol. The van der Waals surface area contributed by atoms with Gasteiger partial charge in [-0.15, -0.1) is 0 Å². The Bertz CT molecular complexity index is 612. The number of benzene rings is 1. The molecule has 0 amide bonds. The molecule has 1 heterocycles. The molecule has 0 spiro atoms.